The van der Waals surface area contributed by atoms with E-state index >= 15 is 0 Å². The molecule has 7 heteroatoms. The van der Waals surface area contributed by atoms with Gasteiger partial charge in [-0.1, -0.05) is 44.1 Å². The zero-order valence-corrected chi connectivity index (χ0v) is 16.0. The molecule has 0 N–H and O–H groups in total. The van der Waals surface area contributed by atoms with Crippen molar-refractivity contribution in [2.45, 2.75) is 71.1 Å². The van der Waals surface area contributed by atoms with Crippen LogP contribution in [0, 0.1) is 20.2 Å². The third kappa shape index (κ3) is 14.3. The second kappa shape index (κ2) is 16.9. The van der Waals surface area contributed by atoms with Crippen LogP contribution in [0.15, 0.2) is 47.9 Å². The van der Waals surface area contributed by atoms with E-state index in [0.717, 1.165) is 32.1 Å². The number of rotatable bonds is 16. The van der Waals surface area contributed by atoms with Crippen LogP contribution < -0.4 is 0 Å². The Morgan fingerprint density at radius 2 is 1.44 bits per heavy atom. The fraction of sp³-hybridized carbons (Fsp3) is 0.550. The summed E-state index contributed by atoms with van der Waals surface area (Å²) in [5.74, 6) is 0. The summed E-state index contributed by atoms with van der Waals surface area (Å²) in [6, 6.07) is 0. The van der Waals surface area contributed by atoms with Gasteiger partial charge >= 0.3 is 0 Å². The molecule has 7 nitrogen and oxygen atoms in total. The van der Waals surface area contributed by atoms with E-state index < -0.39 is 4.92 Å². The van der Waals surface area contributed by atoms with E-state index in [1.54, 1.807) is 24.3 Å². The molecule has 0 aromatic carbocycles. The van der Waals surface area contributed by atoms with Gasteiger partial charge in [-0.15, -0.1) is 0 Å². The predicted octanol–water partition coefficient (Wildman–Crippen LogP) is 5.45. The molecule has 0 aromatic rings. The molecule has 0 spiro atoms. The molecule has 0 aliphatic heterocycles. The summed E-state index contributed by atoms with van der Waals surface area (Å²) < 4.78 is 0. The standard InChI is InChI=1S/C20H29N2O5/c1-2-3-9-14-19(21(24)25)16-11-8-12-17-20(22(26)27)15-10-6-4-5-7-13-18-23/h3,8-9,12,15-16H,2,4-7,10-11,13-14,17H2,1H3/b9-3-,12-8-,19-16+,20-15+. The summed E-state index contributed by atoms with van der Waals surface area (Å²) in [5.41, 5.74) is 0.262. The van der Waals surface area contributed by atoms with Crippen molar-refractivity contribution in [1.29, 1.82) is 0 Å². The van der Waals surface area contributed by atoms with Crippen LogP contribution in [0.4, 0.5) is 0 Å². The van der Waals surface area contributed by atoms with Crippen molar-refractivity contribution in [3.05, 3.63) is 68.1 Å². The molecular weight excluding hydrogens is 348 g/mol. The summed E-state index contributed by atoms with van der Waals surface area (Å²) in [6.07, 6.45) is 18.3. The van der Waals surface area contributed by atoms with E-state index in [2.05, 4.69) is 0 Å². The molecule has 0 aliphatic rings. The van der Waals surface area contributed by atoms with Crippen LogP contribution in [0.3, 0.4) is 0 Å². The SMILES string of the molecule is CC/C=C\C/C(=C\C/C=C\C/C(=C\CCCCCC[C]=O)[N+](=O)[O-])[N+](=O)[O-]. The molecule has 149 valence electrons. The molecule has 0 amide bonds. The Hall–Kier alpha value is -2.57. The molecule has 0 bridgehead atoms. The molecule has 1 radical (unpaired) electrons. The van der Waals surface area contributed by atoms with E-state index in [0.29, 0.717) is 19.3 Å². The zero-order chi connectivity index (χ0) is 20.3. The van der Waals surface area contributed by atoms with Crippen LogP contribution in [-0.2, 0) is 4.79 Å². The predicted molar refractivity (Wildman–Crippen MR) is 106 cm³/mol. The quantitative estimate of drug-likeness (QED) is 0.154. The fourth-order valence-electron chi connectivity index (χ4n) is 2.30. The van der Waals surface area contributed by atoms with Crippen molar-refractivity contribution in [3.8, 4) is 0 Å². The number of nitrogens with zero attached hydrogens (tertiary/aromatic N) is 2. The van der Waals surface area contributed by atoms with Crippen molar-refractivity contribution < 1.29 is 14.6 Å². The van der Waals surface area contributed by atoms with Gasteiger partial charge in [0.2, 0.25) is 11.4 Å². The van der Waals surface area contributed by atoms with E-state index in [-0.39, 0.29) is 29.2 Å². The third-order valence-electron chi connectivity index (χ3n) is 3.79. The molecule has 0 atom stereocenters. The fourth-order valence-corrected chi connectivity index (χ4v) is 2.30. The van der Waals surface area contributed by atoms with Crippen LogP contribution in [0.5, 0.6) is 0 Å². The van der Waals surface area contributed by atoms with Gasteiger partial charge in [0.1, 0.15) is 0 Å². The maximum absolute atomic E-state index is 11.1. The summed E-state index contributed by atoms with van der Waals surface area (Å²) in [6.45, 7) is 1.96. The minimum Gasteiger partial charge on any atom is -0.291 e. The number of nitro groups is 2. The average Bonchev–Trinajstić information content (AvgIpc) is 2.63. The van der Waals surface area contributed by atoms with Crippen LogP contribution in [0.2, 0.25) is 0 Å². The van der Waals surface area contributed by atoms with Gasteiger partial charge in [0, 0.05) is 6.42 Å². The largest absolute Gasteiger partial charge is 0.291 e. The van der Waals surface area contributed by atoms with Crippen LogP contribution in [0.25, 0.3) is 0 Å². The summed E-state index contributed by atoms with van der Waals surface area (Å²) in [5, 5.41) is 22.0. The van der Waals surface area contributed by atoms with Gasteiger partial charge in [-0.05, 0) is 44.3 Å². The first-order valence-electron chi connectivity index (χ1n) is 9.34. The van der Waals surface area contributed by atoms with Crippen molar-refractivity contribution in [2.24, 2.45) is 0 Å². The molecule has 0 aromatic heterocycles. The number of carbonyl (C=O) groups excluding carboxylic acids is 1. The lowest BCUT2D eigenvalue weighted by atomic mass is 10.1. The topological polar surface area (TPSA) is 103 Å². The van der Waals surface area contributed by atoms with E-state index in [9.17, 15) is 25.0 Å². The van der Waals surface area contributed by atoms with Gasteiger partial charge in [-0.3, -0.25) is 25.0 Å². The normalized spacial score (nSPS) is 12.8. The first kappa shape index (κ1) is 24.4. The molecule has 0 heterocycles. The van der Waals surface area contributed by atoms with Gasteiger partial charge in [0.05, 0.1) is 22.7 Å². The molecule has 27 heavy (non-hydrogen) atoms. The number of hydrogen-bond acceptors (Lipinski definition) is 5. The highest BCUT2D eigenvalue weighted by atomic mass is 16.6. The summed E-state index contributed by atoms with van der Waals surface area (Å²) >= 11 is 0. The average molecular weight is 377 g/mol. The summed E-state index contributed by atoms with van der Waals surface area (Å²) in [7, 11) is 0. The first-order chi connectivity index (χ1) is 13.0. The van der Waals surface area contributed by atoms with Gasteiger partial charge in [0.15, 0.2) is 6.29 Å². The number of unbranched alkanes of at least 4 members (excludes halogenated alkanes) is 5. The minimum atomic E-state index is -0.399. The Morgan fingerprint density at radius 1 is 0.852 bits per heavy atom. The highest BCUT2D eigenvalue weighted by Crippen LogP contribution is 2.11. The van der Waals surface area contributed by atoms with Gasteiger partial charge in [0.25, 0.3) is 0 Å². The Labute approximate surface area is 160 Å². The van der Waals surface area contributed by atoms with Crippen LogP contribution in [0.1, 0.15) is 71.1 Å². The number of hydrogen-bond donors (Lipinski definition) is 0. The molecule has 0 saturated heterocycles. The highest BCUT2D eigenvalue weighted by molar-refractivity contribution is 5.50. The lowest BCUT2D eigenvalue weighted by Crippen LogP contribution is -1.98. The Morgan fingerprint density at radius 3 is 2.04 bits per heavy atom. The maximum atomic E-state index is 11.1. The van der Waals surface area contributed by atoms with Gasteiger partial charge in [-0.25, -0.2) is 0 Å². The first-order valence-corrected chi connectivity index (χ1v) is 9.34. The number of allylic oxidation sites excluding steroid dienone is 6. The monoisotopic (exact) mass is 377 g/mol. The lowest BCUT2D eigenvalue weighted by molar-refractivity contribution is -0.427. The van der Waals surface area contributed by atoms with Gasteiger partial charge < -0.3 is 0 Å². The van der Waals surface area contributed by atoms with Crippen molar-refractivity contribution >= 4 is 6.29 Å². The second-order valence-corrected chi connectivity index (χ2v) is 6.00. The Bertz CT molecular complexity index is 577. The van der Waals surface area contributed by atoms with E-state index in [4.69, 9.17) is 0 Å². The molecule has 0 aliphatic carbocycles. The third-order valence-corrected chi connectivity index (χ3v) is 3.79. The van der Waals surface area contributed by atoms with Crippen molar-refractivity contribution in [3.63, 3.8) is 0 Å². The smallest absolute Gasteiger partial charge is 0.246 e. The van der Waals surface area contributed by atoms with Crippen molar-refractivity contribution in [1.82, 2.24) is 0 Å². The lowest BCUT2D eigenvalue weighted by Gasteiger charge is -1.97. The molecule has 0 rings (SSSR count). The molecular formula is C20H29N2O5. The Kier molecular flexibility index (Phi) is 15.3. The highest BCUT2D eigenvalue weighted by Gasteiger charge is 2.08. The van der Waals surface area contributed by atoms with Crippen LogP contribution >= 0.6 is 0 Å². The van der Waals surface area contributed by atoms with Crippen molar-refractivity contribution in [2.75, 3.05) is 0 Å². The summed E-state index contributed by atoms with van der Waals surface area (Å²) in [4.78, 5) is 31.3. The molecule has 0 unspecified atom stereocenters. The molecule has 0 saturated carbocycles. The van der Waals surface area contributed by atoms with E-state index in [1.165, 1.54) is 6.08 Å². The van der Waals surface area contributed by atoms with Gasteiger partial charge in [-0.2, -0.15) is 0 Å². The minimum absolute atomic E-state index is 0.126. The zero-order valence-electron chi connectivity index (χ0n) is 16.0. The maximum Gasteiger partial charge on any atom is 0.246 e. The Balaban J connectivity index is 4.38. The van der Waals surface area contributed by atoms with E-state index in [1.807, 2.05) is 19.3 Å². The van der Waals surface area contributed by atoms with Crippen LogP contribution in [-0.4, -0.2) is 16.1 Å². The second-order valence-electron chi connectivity index (χ2n) is 6.00. The molecule has 0 fully saturated rings.